The first-order valence-electron chi connectivity index (χ1n) is 8.90. The number of aromatic nitrogens is 4. The van der Waals surface area contributed by atoms with Crippen LogP contribution >= 0.6 is 11.8 Å². The van der Waals surface area contributed by atoms with Gasteiger partial charge in [-0.25, -0.2) is 13.9 Å². The van der Waals surface area contributed by atoms with Gasteiger partial charge < -0.3 is 14.2 Å². The Balaban J connectivity index is 1.52. The van der Waals surface area contributed by atoms with Crippen molar-refractivity contribution < 1.29 is 23.4 Å². The van der Waals surface area contributed by atoms with E-state index in [1.54, 1.807) is 4.52 Å². The molecule has 1 aromatic carbocycles. The Labute approximate surface area is 170 Å². The highest BCUT2D eigenvalue weighted by Gasteiger charge is 2.20. The minimum Gasteiger partial charge on any atom is -0.467 e. The van der Waals surface area contributed by atoms with Gasteiger partial charge in [0.2, 0.25) is 5.16 Å². The molecule has 152 valence electrons. The molecule has 3 heterocycles. The van der Waals surface area contributed by atoms with Crippen molar-refractivity contribution in [1.82, 2.24) is 19.6 Å². The van der Waals surface area contributed by atoms with Gasteiger partial charge >= 0.3 is 5.97 Å². The van der Waals surface area contributed by atoms with Gasteiger partial charge in [0.05, 0.1) is 13.0 Å². The molecule has 0 bridgehead atoms. The maximum atomic E-state index is 13.8. The van der Waals surface area contributed by atoms with Crippen molar-refractivity contribution in [2.75, 3.05) is 13.0 Å². The van der Waals surface area contributed by atoms with Crippen LogP contribution in [0.4, 0.5) is 4.39 Å². The zero-order valence-corrected chi connectivity index (χ0v) is 17.0. The first-order valence-corrected chi connectivity index (χ1v) is 10.1. The lowest BCUT2D eigenvalue weighted by Crippen LogP contribution is -2.16. The van der Waals surface area contributed by atoms with Gasteiger partial charge in [0.15, 0.2) is 6.79 Å². The number of carbonyl (C=O) groups is 1. The number of esters is 1. The first-order chi connectivity index (χ1) is 14.0. The number of fused-ring (bicyclic) bond motifs is 2. The second-order valence-electron chi connectivity index (χ2n) is 6.57. The van der Waals surface area contributed by atoms with Crippen molar-refractivity contribution in [2.24, 2.45) is 0 Å². The van der Waals surface area contributed by atoms with E-state index in [1.165, 1.54) is 23.9 Å². The van der Waals surface area contributed by atoms with Gasteiger partial charge in [-0.1, -0.05) is 11.8 Å². The normalized spacial score (nSPS) is 13.2. The van der Waals surface area contributed by atoms with Gasteiger partial charge in [0, 0.05) is 28.1 Å². The van der Waals surface area contributed by atoms with E-state index in [0.717, 1.165) is 11.3 Å². The molecule has 10 heteroatoms. The second kappa shape index (κ2) is 7.96. The maximum absolute atomic E-state index is 13.8. The molecule has 0 saturated carbocycles. The molecule has 1 aliphatic rings. The van der Waals surface area contributed by atoms with Crippen LogP contribution in [0.3, 0.4) is 0 Å². The summed E-state index contributed by atoms with van der Waals surface area (Å²) >= 11 is 1.42. The average molecular weight is 418 g/mol. The molecule has 4 rings (SSSR count). The lowest BCUT2D eigenvalue weighted by molar-refractivity contribution is -0.144. The molecule has 2 aromatic heterocycles. The van der Waals surface area contributed by atoms with Crippen molar-refractivity contribution >= 4 is 23.5 Å². The van der Waals surface area contributed by atoms with Crippen LogP contribution in [-0.2, 0) is 33.9 Å². The van der Waals surface area contributed by atoms with Crippen LogP contribution in [0.2, 0.25) is 0 Å². The SMILES string of the molecule is CSc1nc2nc(C)c(CC(=O)OCc3cc(F)cc4c3OCOC4)c(C)n2n1. The summed E-state index contributed by atoms with van der Waals surface area (Å²) < 4.78 is 31.5. The highest BCUT2D eigenvalue weighted by molar-refractivity contribution is 7.98. The van der Waals surface area contributed by atoms with Crippen molar-refractivity contribution in [1.29, 1.82) is 0 Å². The molecule has 29 heavy (non-hydrogen) atoms. The fourth-order valence-corrected chi connectivity index (χ4v) is 3.59. The third-order valence-electron chi connectivity index (χ3n) is 4.67. The average Bonchev–Trinajstić information content (AvgIpc) is 3.12. The number of carbonyl (C=O) groups excluding carboxylic acids is 1. The summed E-state index contributed by atoms with van der Waals surface area (Å²) in [7, 11) is 0. The summed E-state index contributed by atoms with van der Waals surface area (Å²) in [6, 6.07) is 2.66. The van der Waals surface area contributed by atoms with E-state index in [1.807, 2.05) is 20.1 Å². The van der Waals surface area contributed by atoms with Gasteiger partial charge in [0.25, 0.3) is 5.78 Å². The fraction of sp³-hybridized carbons (Fsp3) is 0.368. The number of aryl methyl sites for hydroxylation is 2. The van der Waals surface area contributed by atoms with Gasteiger partial charge in [-0.2, -0.15) is 4.98 Å². The molecule has 0 atom stereocenters. The highest BCUT2D eigenvalue weighted by atomic mass is 32.2. The number of hydrogen-bond donors (Lipinski definition) is 0. The summed E-state index contributed by atoms with van der Waals surface area (Å²) in [6.07, 6.45) is 1.91. The van der Waals surface area contributed by atoms with Gasteiger partial charge in [0.1, 0.15) is 18.2 Å². The third kappa shape index (κ3) is 3.90. The quantitative estimate of drug-likeness (QED) is 0.462. The molecule has 3 aromatic rings. The van der Waals surface area contributed by atoms with Crippen LogP contribution in [-0.4, -0.2) is 38.6 Å². The molecule has 0 amide bonds. The number of halogens is 1. The standard InChI is InChI=1S/C19H19FN4O4S/c1-10-15(11(2)24-18(21-10)22-19(23-24)29-3)6-16(25)27-8-13-5-14(20)4-12-7-26-9-28-17(12)13/h4-5H,6-9H2,1-3H3. The van der Waals surface area contributed by atoms with Crippen molar-refractivity contribution in [3.63, 3.8) is 0 Å². The molecule has 0 radical (unpaired) electrons. The zero-order valence-electron chi connectivity index (χ0n) is 16.2. The number of benzene rings is 1. The third-order valence-corrected chi connectivity index (χ3v) is 5.21. The predicted octanol–water partition coefficient (Wildman–Crippen LogP) is 2.75. The molecule has 0 saturated heterocycles. The van der Waals surface area contributed by atoms with Crippen LogP contribution in [0.5, 0.6) is 5.75 Å². The molecule has 0 aliphatic carbocycles. The first kappa shape index (κ1) is 19.6. The van der Waals surface area contributed by atoms with E-state index in [4.69, 9.17) is 14.2 Å². The summed E-state index contributed by atoms with van der Waals surface area (Å²) in [5.41, 5.74) is 3.27. The monoisotopic (exact) mass is 418 g/mol. The Morgan fingerprint density at radius 2 is 2.17 bits per heavy atom. The Hall–Kier alpha value is -2.72. The van der Waals surface area contributed by atoms with Gasteiger partial charge in [-0.3, -0.25) is 4.79 Å². The lowest BCUT2D eigenvalue weighted by Gasteiger charge is -2.20. The molecule has 0 unspecified atom stereocenters. The molecule has 0 spiro atoms. The largest absolute Gasteiger partial charge is 0.467 e. The van der Waals surface area contributed by atoms with E-state index in [2.05, 4.69) is 15.1 Å². The number of thioether (sulfide) groups is 1. The summed E-state index contributed by atoms with van der Waals surface area (Å²) in [5, 5.41) is 4.99. The van der Waals surface area contributed by atoms with Crippen LogP contribution in [0.1, 0.15) is 28.1 Å². The topological polar surface area (TPSA) is 87.8 Å². The number of nitrogens with zero attached hydrogens (tertiary/aromatic N) is 4. The maximum Gasteiger partial charge on any atom is 0.310 e. The fourth-order valence-electron chi connectivity index (χ4n) is 3.25. The van der Waals surface area contributed by atoms with Gasteiger partial charge in [-0.05, 0) is 32.2 Å². The molecule has 8 nitrogen and oxygen atoms in total. The summed E-state index contributed by atoms with van der Waals surface area (Å²) in [6.45, 7) is 3.93. The van der Waals surface area contributed by atoms with Gasteiger partial charge in [-0.15, -0.1) is 5.10 Å². The number of rotatable bonds is 5. The van der Waals surface area contributed by atoms with Crippen molar-refractivity contribution in [3.8, 4) is 5.75 Å². The summed E-state index contributed by atoms with van der Waals surface area (Å²) in [4.78, 5) is 21.2. The number of hydrogen-bond acceptors (Lipinski definition) is 8. The van der Waals surface area contributed by atoms with E-state index in [-0.39, 0.29) is 26.4 Å². The molecule has 0 fully saturated rings. The Bertz CT molecular complexity index is 1100. The minimum atomic E-state index is -0.451. The van der Waals surface area contributed by atoms with Crippen LogP contribution in [0.15, 0.2) is 17.3 Å². The van der Waals surface area contributed by atoms with Crippen LogP contribution < -0.4 is 4.74 Å². The van der Waals surface area contributed by atoms with Crippen molar-refractivity contribution in [3.05, 3.63) is 46.0 Å². The Morgan fingerprint density at radius 1 is 1.34 bits per heavy atom. The number of ether oxygens (including phenoxy) is 3. The highest BCUT2D eigenvalue weighted by Crippen LogP contribution is 2.30. The molecule has 1 aliphatic heterocycles. The minimum absolute atomic E-state index is 0.0243. The Kier molecular flexibility index (Phi) is 5.37. The summed E-state index contributed by atoms with van der Waals surface area (Å²) in [5.74, 6) is 0.119. The van der Waals surface area contributed by atoms with Crippen molar-refractivity contribution in [2.45, 2.75) is 38.6 Å². The van der Waals surface area contributed by atoms with Crippen LogP contribution in [0.25, 0.3) is 5.78 Å². The van der Waals surface area contributed by atoms with E-state index in [0.29, 0.717) is 33.5 Å². The lowest BCUT2D eigenvalue weighted by atomic mass is 10.1. The second-order valence-corrected chi connectivity index (χ2v) is 7.35. The van der Waals surface area contributed by atoms with E-state index >= 15 is 0 Å². The van der Waals surface area contributed by atoms with Crippen LogP contribution in [0, 0.1) is 19.7 Å². The molecular formula is C19H19FN4O4S. The van der Waals surface area contributed by atoms with E-state index in [9.17, 15) is 9.18 Å². The molecule has 0 N–H and O–H groups in total. The smallest absolute Gasteiger partial charge is 0.310 e. The Morgan fingerprint density at radius 3 is 2.97 bits per heavy atom. The predicted molar refractivity (Wildman–Crippen MR) is 102 cm³/mol. The zero-order chi connectivity index (χ0) is 20.5. The molecular weight excluding hydrogens is 399 g/mol. The van der Waals surface area contributed by atoms with E-state index < -0.39 is 11.8 Å².